The maximum Gasteiger partial charge on any atom is 0.247 e. The second-order valence-electron chi connectivity index (χ2n) is 5.45. The van der Waals surface area contributed by atoms with E-state index in [1.54, 1.807) is 43.1 Å². The second-order valence-corrected chi connectivity index (χ2v) is 5.45. The number of aryl methyl sites for hydroxylation is 1. The fourth-order valence-corrected chi connectivity index (χ4v) is 2.47. The highest BCUT2D eigenvalue weighted by atomic mass is 16.5. The SMILES string of the molecule is COc1ccc2c(Oc3ccc(CC(=O)NO)cc3C)ccnc2n1. The molecule has 3 rings (SSSR count). The molecule has 3 aromatic rings. The maximum absolute atomic E-state index is 11.3. The summed E-state index contributed by atoms with van der Waals surface area (Å²) in [6, 6.07) is 10.8. The Labute approximate surface area is 144 Å². The number of carbonyl (C=O) groups is 1. The molecule has 0 unspecified atom stereocenters. The van der Waals surface area contributed by atoms with E-state index in [1.807, 2.05) is 19.1 Å². The zero-order valence-electron chi connectivity index (χ0n) is 13.8. The number of nitrogens with zero attached hydrogens (tertiary/aromatic N) is 2. The van der Waals surface area contributed by atoms with Crippen LogP contribution in [0.5, 0.6) is 17.4 Å². The molecule has 2 heterocycles. The van der Waals surface area contributed by atoms with Gasteiger partial charge in [-0.2, -0.15) is 4.98 Å². The third-order valence-corrected chi connectivity index (χ3v) is 3.70. The molecule has 7 heteroatoms. The van der Waals surface area contributed by atoms with E-state index >= 15 is 0 Å². The number of hydrogen-bond donors (Lipinski definition) is 2. The number of benzene rings is 1. The van der Waals surface area contributed by atoms with Crippen LogP contribution in [-0.2, 0) is 11.2 Å². The highest BCUT2D eigenvalue weighted by molar-refractivity contribution is 5.82. The Balaban J connectivity index is 1.89. The molecule has 1 aromatic carbocycles. The zero-order valence-corrected chi connectivity index (χ0v) is 13.8. The minimum absolute atomic E-state index is 0.0967. The third-order valence-electron chi connectivity index (χ3n) is 3.70. The van der Waals surface area contributed by atoms with Gasteiger partial charge in [-0.05, 0) is 36.2 Å². The average molecular weight is 339 g/mol. The summed E-state index contributed by atoms with van der Waals surface area (Å²) >= 11 is 0. The summed E-state index contributed by atoms with van der Waals surface area (Å²) in [5.41, 5.74) is 3.81. The van der Waals surface area contributed by atoms with Gasteiger partial charge in [-0.15, -0.1) is 0 Å². The van der Waals surface area contributed by atoms with E-state index in [1.165, 1.54) is 0 Å². The predicted molar refractivity (Wildman–Crippen MR) is 91.0 cm³/mol. The number of aromatic nitrogens is 2. The van der Waals surface area contributed by atoms with Gasteiger partial charge in [0.05, 0.1) is 18.9 Å². The number of fused-ring (bicyclic) bond motifs is 1. The number of amides is 1. The Kier molecular flexibility index (Phi) is 4.76. The van der Waals surface area contributed by atoms with Gasteiger partial charge >= 0.3 is 0 Å². The van der Waals surface area contributed by atoms with Crippen LogP contribution in [0.1, 0.15) is 11.1 Å². The minimum atomic E-state index is -0.465. The Bertz CT molecular complexity index is 927. The Morgan fingerprint density at radius 1 is 1.20 bits per heavy atom. The van der Waals surface area contributed by atoms with E-state index in [-0.39, 0.29) is 6.42 Å². The number of hydroxylamine groups is 1. The van der Waals surface area contributed by atoms with Crippen molar-refractivity contribution in [3.63, 3.8) is 0 Å². The fourth-order valence-electron chi connectivity index (χ4n) is 2.47. The molecule has 0 aliphatic carbocycles. The van der Waals surface area contributed by atoms with E-state index in [4.69, 9.17) is 14.7 Å². The largest absolute Gasteiger partial charge is 0.481 e. The first-order chi connectivity index (χ1) is 12.1. The van der Waals surface area contributed by atoms with Gasteiger partial charge in [0.25, 0.3) is 0 Å². The van der Waals surface area contributed by atoms with Crippen molar-refractivity contribution in [2.24, 2.45) is 0 Å². The van der Waals surface area contributed by atoms with Gasteiger partial charge < -0.3 is 9.47 Å². The first-order valence-electron chi connectivity index (χ1n) is 7.61. The van der Waals surface area contributed by atoms with Crippen LogP contribution in [-0.4, -0.2) is 28.2 Å². The van der Waals surface area contributed by atoms with Crippen molar-refractivity contribution in [2.75, 3.05) is 7.11 Å². The number of nitrogens with one attached hydrogen (secondary N) is 1. The number of rotatable bonds is 5. The fraction of sp³-hybridized carbons (Fsp3) is 0.167. The van der Waals surface area contributed by atoms with Crippen LogP contribution in [0.4, 0.5) is 0 Å². The molecule has 0 aliphatic heterocycles. The molecule has 2 aromatic heterocycles. The molecule has 7 nitrogen and oxygen atoms in total. The van der Waals surface area contributed by atoms with E-state index in [2.05, 4.69) is 9.97 Å². The van der Waals surface area contributed by atoms with Gasteiger partial charge in [-0.1, -0.05) is 12.1 Å². The molecule has 0 aliphatic rings. The molecular weight excluding hydrogens is 322 g/mol. The van der Waals surface area contributed by atoms with Crippen molar-refractivity contribution >= 4 is 16.9 Å². The van der Waals surface area contributed by atoms with E-state index < -0.39 is 5.91 Å². The first-order valence-corrected chi connectivity index (χ1v) is 7.61. The number of carbonyl (C=O) groups excluding carboxylic acids is 1. The maximum atomic E-state index is 11.3. The predicted octanol–water partition coefficient (Wildman–Crippen LogP) is 2.79. The number of hydrogen-bond acceptors (Lipinski definition) is 6. The summed E-state index contributed by atoms with van der Waals surface area (Å²) in [6.45, 7) is 1.89. The Morgan fingerprint density at radius 3 is 2.76 bits per heavy atom. The molecule has 2 N–H and O–H groups in total. The highest BCUT2D eigenvalue weighted by Gasteiger charge is 2.10. The van der Waals surface area contributed by atoms with Gasteiger partial charge in [-0.25, -0.2) is 10.5 Å². The smallest absolute Gasteiger partial charge is 0.247 e. The van der Waals surface area contributed by atoms with E-state index in [0.717, 1.165) is 16.5 Å². The van der Waals surface area contributed by atoms with Crippen molar-refractivity contribution in [1.29, 1.82) is 0 Å². The van der Waals surface area contributed by atoms with E-state index in [9.17, 15) is 4.79 Å². The molecule has 1 amide bonds. The number of pyridine rings is 2. The molecule has 0 radical (unpaired) electrons. The lowest BCUT2D eigenvalue weighted by atomic mass is 10.1. The summed E-state index contributed by atoms with van der Waals surface area (Å²) in [5, 5.41) is 9.38. The first kappa shape index (κ1) is 16.7. The van der Waals surface area contributed by atoms with Crippen molar-refractivity contribution in [2.45, 2.75) is 13.3 Å². The van der Waals surface area contributed by atoms with Crippen LogP contribution in [0, 0.1) is 6.92 Å². The Morgan fingerprint density at radius 2 is 2.04 bits per heavy atom. The second kappa shape index (κ2) is 7.14. The summed E-state index contributed by atoms with van der Waals surface area (Å²) in [7, 11) is 1.55. The normalized spacial score (nSPS) is 10.5. The summed E-state index contributed by atoms with van der Waals surface area (Å²) < 4.78 is 11.1. The molecule has 0 saturated carbocycles. The van der Waals surface area contributed by atoms with Crippen LogP contribution in [0.25, 0.3) is 11.0 Å². The van der Waals surface area contributed by atoms with Crippen LogP contribution in [0.3, 0.4) is 0 Å². The number of methoxy groups -OCH3 is 1. The average Bonchev–Trinajstić information content (AvgIpc) is 2.63. The van der Waals surface area contributed by atoms with Crippen molar-refractivity contribution < 1.29 is 19.5 Å². The summed E-state index contributed by atoms with van der Waals surface area (Å²) in [4.78, 5) is 19.8. The Hall–Kier alpha value is -3.19. The van der Waals surface area contributed by atoms with Gasteiger partial charge in [0.15, 0.2) is 5.65 Å². The number of ether oxygens (including phenoxy) is 2. The molecular formula is C18H17N3O4. The van der Waals surface area contributed by atoms with Crippen LogP contribution in [0.2, 0.25) is 0 Å². The lowest BCUT2D eigenvalue weighted by molar-refractivity contribution is -0.128. The topological polar surface area (TPSA) is 93.6 Å². The van der Waals surface area contributed by atoms with Gasteiger partial charge in [0.2, 0.25) is 11.8 Å². The van der Waals surface area contributed by atoms with Gasteiger partial charge in [-0.3, -0.25) is 10.0 Å². The zero-order chi connectivity index (χ0) is 17.8. The van der Waals surface area contributed by atoms with Gasteiger partial charge in [0.1, 0.15) is 11.5 Å². The van der Waals surface area contributed by atoms with Gasteiger partial charge in [0, 0.05) is 12.3 Å². The molecule has 0 bridgehead atoms. The highest BCUT2D eigenvalue weighted by Crippen LogP contribution is 2.31. The van der Waals surface area contributed by atoms with Crippen molar-refractivity contribution in [3.8, 4) is 17.4 Å². The molecule has 0 atom stereocenters. The van der Waals surface area contributed by atoms with Crippen molar-refractivity contribution in [3.05, 3.63) is 53.7 Å². The molecule has 25 heavy (non-hydrogen) atoms. The van der Waals surface area contributed by atoms with Crippen molar-refractivity contribution in [1.82, 2.24) is 15.4 Å². The summed E-state index contributed by atoms with van der Waals surface area (Å²) in [6.07, 6.45) is 1.72. The van der Waals surface area contributed by atoms with E-state index in [0.29, 0.717) is 23.0 Å². The molecule has 0 spiro atoms. The molecule has 0 fully saturated rings. The van der Waals surface area contributed by atoms with Crippen LogP contribution >= 0.6 is 0 Å². The third kappa shape index (κ3) is 3.67. The summed E-state index contributed by atoms with van der Waals surface area (Å²) in [5.74, 6) is 1.31. The van der Waals surface area contributed by atoms with Crippen LogP contribution < -0.4 is 15.0 Å². The standard InChI is InChI=1S/C18H17N3O4/c1-11-9-12(10-16(22)21-23)3-5-14(11)25-15-7-8-19-18-13(15)4-6-17(20-18)24-2/h3-9,23H,10H2,1-2H3,(H,21,22). The van der Waals surface area contributed by atoms with Crippen LogP contribution in [0.15, 0.2) is 42.6 Å². The minimum Gasteiger partial charge on any atom is -0.481 e. The molecule has 0 saturated heterocycles. The quantitative estimate of drug-likeness (QED) is 0.548. The lowest BCUT2D eigenvalue weighted by Crippen LogP contribution is -2.20. The monoisotopic (exact) mass is 339 g/mol. The molecule has 128 valence electrons. The lowest BCUT2D eigenvalue weighted by Gasteiger charge is -2.12.